The molecule has 21 heavy (non-hydrogen) atoms. The first-order valence-corrected chi connectivity index (χ1v) is 8.15. The van der Waals surface area contributed by atoms with Gasteiger partial charge in [0.2, 0.25) is 6.79 Å². The number of ether oxygens (including phenoxy) is 2. The molecule has 1 atom stereocenters. The molecule has 110 valence electrons. The monoisotopic (exact) mass is 324 g/mol. The van der Waals surface area contributed by atoms with Gasteiger partial charge in [0.05, 0.1) is 9.77 Å². The highest BCUT2D eigenvalue weighted by Gasteiger charge is 2.20. The molecular weight excluding hydrogens is 312 g/mol. The first-order chi connectivity index (χ1) is 10.1. The number of hydrogen-bond acceptors (Lipinski definition) is 5. The van der Waals surface area contributed by atoms with E-state index in [1.807, 2.05) is 13.0 Å². The van der Waals surface area contributed by atoms with Gasteiger partial charge in [0.1, 0.15) is 0 Å². The molecular formula is C14H12O5S2. The summed E-state index contributed by atoms with van der Waals surface area (Å²) >= 11 is -0.970. The van der Waals surface area contributed by atoms with Crippen LogP contribution in [0.1, 0.15) is 20.8 Å². The summed E-state index contributed by atoms with van der Waals surface area (Å²) in [5.41, 5.74) is 1.75. The largest absolute Gasteiger partial charge is 0.454 e. The van der Waals surface area contributed by atoms with Gasteiger partial charge in [-0.05, 0) is 41.6 Å². The van der Waals surface area contributed by atoms with Crippen LogP contribution in [0.15, 0.2) is 28.5 Å². The van der Waals surface area contributed by atoms with Crippen LogP contribution in [0.25, 0.3) is 0 Å². The third-order valence-corrected chi connectivity index (χ3v) is 5.05. The number of carbonyl (C=O) groups is 1. The van der Waals surface area contributed by atoms with Crippen molar-refractivity contribution in [1.82, 2.24) is 0 Å². The van der Waals surface area contributed by atoms with E-state index in [1.165, 1.54) is 17.4 Å². The number of fused-ring (bicyclic) bond motifs is 1. The molecule has 0 fully saturated rings. The molecule has 5 nitrogen and oxygen atoms in total. The Morgan fingerprint density at radius 3 is 2.81 bits per heavy atom. The van der Waals surface area contributed by atoms with Crippen LogP contribution in [0.5, 0.6) is 11.5 Å². The minimum Gasteiger partial charge on any atom is -0.454 e. The predicted octanol–water partition coefficient (Wildman–Crippen LogP) is 2.79. The summed E-state index contributed by atoms with van der Waals surface area (Å²) in [7, 11) is 0. The van der Waals surface area contributed by atoms with Gasteiger partial charge in [-0.2, -0.15) is 0 Å². The van der Waals surface area contributed by atoms with Crippen molar-refractivity contribution in [2.24, 2.45) is 0 Å². The normalized spacial score (nSPS) is 14.2. The second kappa shape index (κ2) is 5.59. The number of aryl methyl sites for hydroxylation is 1. The molecule has 3 rings (SSSR count). The zero-order valence-corrected chi connectivity index (χ0v) is 12.8. The fourth-order valence-corrected chi connectivity index (χ4v) is 3.80. The van der Waals surface area contributed by atoms with E-state index in [0.29, 0.717) is 16.4 Å². The van der Waals surface area contributed by atoms with Crippen molar-refractivity contribution in [3.63, 3.8) is 0 Å². The van der Waals surface area contributed by atoms with Crippen molar-refractivity contribution < 1.29 is 23.0 Å². The van der Waals surface area contributed by atoms with Crippen molar-refractivity contribution in [3.8, 4) is 11.5 Å². The molecule has 1 aliphatic heterocycles. The molecule has 7 heteroatoms. The molecule has 0 radical (unpaired) electrons. The fraction of sp³-hybridized carbons (Fsp3) is 0.214. The first kappa shape index (κ1) is 14.2. The lowest BCUT2D eigenvalue weighted by Gasteiger charge is -2.07. The van der Waals surface area contributed by atoms with Gasteiger partial charge < -0.3 is 14.0 Å². The Balaban J connectivity index is 1.88. The second-order valence-corrected chi connectivity index (χ2v) is 6.45. The summed E-state index contributed by atoms with van der Waals surface area (Å²) in [6.07, 6.45) is 0.160. The van der Waals surface area contributed by atoms with E-state index in [2.05, 4.69) is 0 Å². The Labute approximate surface area is 127 Å². The average Bonchev–Trinajstić information content (AvgIpc) is 3.06. The quantitative estimate of drug-likeness (QED) is 0.691. The Morgan fingerprint density at radius 1 is 1.38 bits per heavy atom. The van der Waals surface area contributed by atoms with Gasteiger partial charge in [-0.3, -0.25) is 4.79 Å². The molecule has 1 unspecified atom stereocenters. The highest BCUT2D eigenvalue weighted by Crippen LogP contribution is 2.35. The second-order valence-electron chi connectivity index (χ2n) is 4.60. The van der Waals surface area contributed by atoms with Crippen LogP contribution in [0.4, 0.5) is 0 Å². The minimum atomic E-state index is -2.15. The molecule has 0 aliphatic carbocycles. The molecule has 0 spiro atoms. The molecule has 0 saturated heterocycles. The van der Waals surface area contributed by atoms with Crippen molar-refractivity contribution in [2.75, 3.05) is 6.79 Å². The van der Waals surface area contributed by atoms with Crippen LogP contribution in [0, 0.1) is 6.92 Å². The Morgan fingerprint density at radius 2 is 2.10 bits per heavy atom. The smallest absolute Gasteiger partial charge is 0.231 e. The third kappa shape index (κ3) is 2.72. The number of ketones is 1. The Hall–Kier alpha value is -1.70. The van der Waals surface area contributed by atoms with E-state index in [0.717, 1.165) is 11.1 Å². The third-order valence-electron chi connectivity index (χ3n) is 3.25. The van der Waals surface area contributed by atoms with Crippen LogP contribution in [0.2, 0.25) is 0 Å². The number of carbonyl (C=O) groups excluding carboxylic acids is 1. The summed E-state index contributed by atoms with van der Waals surface area (Å²) in [6, 6.07) is 5.13. The molecule has 0 saturated carbocycles. The molecule has 0 amide bonds. The number of thiophene rings is 1. The van der Waals surface area contributed by atoms with Crippen molar-refractivity contribution in [1.29, 1.82) is 0 Å². The van der Waals surface area contributed by atoms with E-state index < -0.39 is 11.1 Å². The number of benzene rings is 1. The van der Waals surface area contributed by atoms with Gasteiger partial charge in [0.25, 0.3) is 0 Å². The number of rotatable bonds is 4. The molecule has 2 aromatic rings. The van der Waals surface area contributed by atoms with Crippen LogP contribution >= 0.6 is 11.3 Å². The predicted molar refractivity (Wildman–Crippen MR) is 78.7 cm³/mol. The molecule has 1 aromatic carbocycles. The summed E-state index contributed by atoms with van der Waals surface area (Å²) < 4.78 is 31.0. The Kier molecular flexibility index (Phi) is 3.79. The summed E-state index contributed by atoms with van der Waals surface area (Å²) in [5.74, 6) is 1.13. The van der Waals surface area contributed by atoms with E-state index in [9.17, 15) is 13.6 Å². The lowest BCUT2D eigenvalue weighted by molar-refractivity contribution is 0.0993. The summed E-state index contributed by atoms with van der Waals surface area (Å²) in [5, 5.41) is 1.64. The van der Waals surface area contributed by atoms with Gasteiger partial charge in [0, 0.05) is 6.42 Å². The van der Waals surface area contributed by atoms with Crippen molar-refractivity contribution in [2.45, 2.75) is 18.2 Å². The van der Waals surface area contributed by atoms with Gasteiger partial charge in [-0.25, -0.2) is 4.21 Å². The van der Waals surface area contributed by atoms with Gasteiger partial charge >= 0.3 is 0 Å². The Bertz CT molecular complexity index is 735. The number of Topliss-reactive ketones (excluding diaryl/α,β-unsaturated/α-hetero) is 1. The zero-order valence-electron chi connectivity index (χ0n) is 11.1. The van der Waals surface area contributed by atoms with Gasteiger partial charge in [0.15, 0.2) is 28.4 Å². The van der Waals surface area contributed by atoms with E-state index in [1.54, 1.807) is 11.4 Å². The van der Waals surface area contributed by atoms with Crippen LogP contribution in [-0.2, 0) is 17.5 Å². The van der Waals surface area contributed by atoms with Crippen molar-refractivity contribution in [3.05, 3.63) is 39.6 Å². The zero-order chi connectivity index (χ0) is 15.0. The van der Waals surface area contributed by atoms with E-state index >= 15 is 0 Å². The maximum atomic E-state index is 12.3. The van der Waals surface area contributed by atoms with Crippen molar-refractivity contribution >= 4 is 28.2 Å². The first-order valence-electron chi connectivity index (χ1n) is 6.17. The van der Waals surface area contributed by atoms with Gasteiger partial charge in [-0.1, -0.05) is 0 Å². The molecule has 1 aromatic heterocycles. The summed E-state index contributed by atoms with van der Waals surface area (Å²) in [6.45, 7) is 2.08. The topological polar surface area (TPSA) is 72.8 Å². The molecule has 1 aliphatic rings. The van der Waals surface area contributed by atoms with Crippen LogP contribution in [-0.4, -0.2) is 21.3 Å². The van der Waals surface area contributed by atoms with E-state index in [-0.39, 0.29) is 23.9 Å². The van der Waals surface area contributed by atoms with E-state index in [4.69, 9.17) is 9.47 Å². The minimum absolute atomic E-state index is 0.160. The maximum Gasteiger partial charge on any atom is 0.231 e. The molecule has 1 N–H and O–H groups in total. The maximum absolute atomic E-state index is 12.3. The highest BCUT2D eigenvalue weighted by atomic mass is 32.2. The highest BCUT2D eigenvalue weighted by molar-refractivity contribution is 7.79. The molecule has 0 bridgehead atoms. The molecule has 2 heterocycles. The SMILES string of the molecule is Cc1cc2c(cc1CC(=O)c1sccc1S(=O)O)OCO2. The lowest BCUT2D eigenvalue weighted by atomic mass is 10.0. The number of hydrogen-bond donors (Lipinski definition) is 1. The standard InChI is InChI=1S/C14H12O5S2/c1-8-4-11-12(19-7-18-11)6-9(8)5-10(15)14-13(21(16)17)2-3-20-14/h2-4,6H,5,7H2,1H3,(H,16,17). The summed E-state index contributed by atoms with van der Waals surface area (Å²) in [4.78, 5) is 12.8. The van der Waals surface area contributed by atoms with Crippen LogP contribution in [0.3, 0.4) is 0 Å². The van der Waals surface area contributed by atoms with Crippen LogP contribution < -0.4 is 9.47 Å². The van der Waals surface area contributed by atoms with Gasteiger partial charge in [-0.15, -0.1) is 11.3 Å². The lowest BCUT2D eigenvalue weighted by Crippen LogP contribution is -2.06. The fourth-order valence-electron chi connectivity index (χ4n) is 2.17. The average molecular weight is 324 g/mol.